The fourth-order valence-corrected chi connectivity index (χ4v) is 4.68. The maximum absolute atomic E-state index is 14.5. The summed E-state index contributed by atoms with van der Waals surface area (Å²) >= 11 is 1.48. The molecule has 0 aliphatic carbocycles. The second kappa shape index (κ2) is 9.21. The topological polar surface area (TPSA) is 69.4 Å². The third-order valence-electron chi connectivity index (χ3n) is 5.09. The molecule has 2 aromatic carbocycles. The van der Waals surface area contributed by atoms with E-state index in [9.17, 15) is 8.60 Å². The van der Waals surface area contributed by atoms with Crippen molar-refractivity contribution in [3.63, 3.8) is 0 Å². The van der Waals surface area contributed by atoms with Crippen LogP contribution in [0.15, 0.2) is 77.5 Å². The monoisotopic (exact) mass is 478 g/mol. The molecule has 0 bridgehead atoms. The van der Waals surface area contributed by atoms with Gasteiger partial charge in [0, 0.05) is 36.0 Å². The minimum atomic E-state index is -1.32. The van der Waals surface area contributed by atoms with Gasteiger partial charge in [0.05, 0.1) is 28.8 Å². The summed E-state index contributed by atoms with van der Waals surface area (Å²) < 4.78 is 34.1. The van der Waals surface area contributed by atoms with Crippen molar-refractivity contribution in [2.24, 2.45) is 0 Å². The molecule has 5 aromatic rings. The van der Waals surface area contributed by atoms with E-state index in [1.54, 1.807) is 24.4 Å². The summed E-state index contributed by atoms with van der Waals surface area (Å²) in [6, 6.07) is 16.4. The number of benzene rings is 2. The third-order valence-corrected chi connectivity index (χ3v) is 6.56. The number of fused-ring (bicyclic) bond motifs is 1. The highest BCUT2D eigenvalue weighted by atomic mass is 32.2. The number of halogens is 1. The van der Waals surface area contributed by atoms with Crippen LogP contribution in [0.3, 0.4) is 0 Å². The van der Waals surface area contributed by atoms with Crippen molar-refractivity contribution in [3.05, 3.63) is 83.8 Å². The van der Waals surface area contributed by atoms with Crippen LogP contribution in [0, 0.1) is 5.82 Å². The standard InChI is InChI=1S/C24H19FN4O2S2/c1-33(30)23-26-11-9-19(27-23)22-21(28-24-29(22)12-14-32-24)17-7-8-18(25)20(15-17)31-13-10-16-5-3-2-4-6-16/h2-9,11-12,14-15H,10,13H2,1H3. The first-order valence-electron chi connectivity index (χ1n) is 10.2. The van der Waals surface area contributed by atoms with E-state index in [4.69, 9.17) is 9.72 Å². The molecule has 0 radical (unpaired) electrons. The maximum atomic E-state index is 14.5. The van der Waals surface area contributed by atoms with Gasteiger partial charge in [0.2, 0.25) is 5.16 Å². The Bertz CT molecular complexity index is 1450. The van der Waals surface area contributed by atoms with Gasteiger partial charge in [-0.2, -0.15) is 0 Å². The van der Waals surface area contributed by atoms with Crippen LogP contribution in [0.5, 0.6) is 5.75 Å². The summed E-state index contributed by atoms with van der Waals surface area (Å²) in [6.45, 7) is 0.354. The van der Waals surface area contributed by atoms with Crippen LogP contribution in [-0.2, 0) is 17.2 Å². The highest BCUT2D eigenvalue weighted by Gasteiger charge is 2.20. The number of aromatic nitrogens is 4. The van der Waals surface area contributed by atoms with Crippen molar-refractivity contribution in [2.45, 2.75) is 11.6 Å². The lowest BCUT2D eigenvalue weighted by Gasteiger charge is -2.10. The summed E-state index contributed by atoms with van der Waals surface area (Å²) in [7, 11) is -1.32. The fraction of sp³-hybridized carbons (Fsp3) is 0.125. The molecule has 0 saturated heterocycles. The van der Waals surface area contributed by atoms with Crippen LogP contribution in [0.2, 0.25) is 0 Å². The van der Waals surface area contributed by atoms with Gasteiger partial charge in [-0.3, -0.25) is 8.61 Å². The quantitative estimate of drug-likeness (QED) is 0.307. The largest absolute Gasteiger partial charge is 0.490 e. The molecule has 0 saturated carbocycles. The average molecular weight is 479 g/mol. The average Bonchev–Trinajstić information content (AvgIpc) is 3.42. The SMILES string of the molecule is CS(=O)c1nccc(-c2c(-c3ccc(F)c(OCCc4ccccc4)c3)nc3sccn23)n1. The molecule has 0 fully saturated rings. The van der Waals surface area contributed by atoms with Crippen molar-refractivity contribution >= 4 is 27.1 Å². The van der Waals surface area contributed by atoms with E-state index in [-0.39, 0.29) is 10.9 Å². The minimum absolute atomic E-state index is 0.170. The summed E-state index contributed by atoms with van der Waals surface area (Å²) in [6.07, 6.45) is 5.69. The van der Waals surface area contributed by atoms with Gasteiger partial charge in [0.1, 0.15) is 5.69 Å². The number of nitrogens with zero attached hydrogens (tertiary/aromatic N) is 4. The van der Waals surface area contributed by atoms with Crippen molar-refractivity contribution in [1.82, 2.24) is 19.4 Å². The van der Waals surface area contributed by atoms with Crippen LogP contribution in [0.1, 0.15) is 5.56 Å². The molecule has 0 aliphatic heterocycles. The summed E-state index contributed by atoms with van der Waals surface area (Å²) in [5.41, 5.74) is 3.78. The normalized spacial score (nSPS) is 12.2. The maximum Gasteiger partial charge on any atom is 0.218 e. The van der Waals surface area contributed by atoms with Crippen LogP contribution < -0.4 is 4.74 Å². The second-order valence-corrected chi connectivity index (χ2v) is 9.42. The van der Waals surface area contributed by atoms with Gasteiger partial charge >= 0.3 is 0 Å². The first kappa shape index (κ1) is 21.4. The minimum Gasteiger partial charge on any atom is -0.490 e. The molecule has 9 heteroatoms. The highest BCUT2D eigenvalue weighted by molar-refractivity contribution is 7.84. The fourth-order valence-electron chi connectivity index (χ4n) is 3.53. The molecule has 6 nitrogen and oxygen atoms in total. The molecule has 5 rings (SSSR count). The third kappa shape index (κ3) is 4.42. The summed E-state index contributed by atoms with van der Waals surface area (Å²) in [4.78, 5) is 14.1. The van der Waals surface area contributed by atoms with Gasteiger partial charge in [-0.25, -0.2) is 19.3 Å². The number of hydrogen-bond acceptors (Lipinski definition) is 6. The molecule has 3 heterocycles. The zero-order chi connectivity index (χ0) is 22.8. The van der Waals surface area contributed by atoms with Gasteiger partial charge < -0.3 is 4.74 Å². The van der Waals surface area contributed by atoms with Crippen LogP contribution >= 0.6 is 11.3 Å². The van der Waals surface area contributed by atoms with Crippen molar-refractivity contribution in [2.75, 3.05) is 12.9 Å². The molecule has 3 aromatic heterocycles. The molecular weight excluding hydrogens is 459 g/mol. The van der Waals surface area contributed by atoms with E-state index >= 15 is 0 Å². The van der Waals surface area contributed by atoms with Crippen molar-refractivity contribution in [3.8, 4) is 28.4 Å². The number of ether oxygens (including phenoxy) is 1. The zero-order valence-corrected chi connectivity index (χ0v) is 19.3. The van der Waals surface area contributed by atoms with Crippen LogP contribution in [0.4, 0.5) is 4.39 Å². The van der Waals surface area contributed by atoms with Crippen molar-refractivity contribution in [1.29, 1.82) is 0 Å². The Morgan fingerprint density at radius 2 is 1.97 bits per heavy atom. The molecule has 33 heavy (non-hydrogen) atoms. The number of hydrogen-bond donors (Lipinski definition) is 0. The van der Waals surface area contributed by atoms with Crippen LogP contribution in [-0.4, -0.2) is 36.4 Å². The molecule has 0 amide bonds. The van der Waals surface area contributed by atoms with Crippen molar-refractivity contribution < 1.29 is 13.3 Å². The molecule has 0 N–H and O–H groups in total. The van der Waals surface area contributed by atoms with E-state index in [2.05, 4.69) is 9.97 Å². The molecular formula is C24H19FN4O2S2. The molecule has 166 valence electrons. The highest BCUT2D eigenvalue weighted by Crippen LogP contribution is 2.35. The lowest BCUT2D eigenvalue weighted by molar-refractivity contribution is 0.305. The lowest BCUT2D eigenvalue weighted by Crippen LogP contribution is -2.03. The molecule has 0 spiro atoms. The Labute approximate surface area is 196 Å². The Kier molecular flexibility index (Phi) is 5.97. The van der Waals surface area contributed by atoms with E-state index in [0.717, 1.165) is 16.2 Å². The smallest absolute Gasteiger partial charge is 0.218 e. The van der Waals surface area contributed by atoms with Gasteiger partial charge in [0.25, 0.3) is 0 Å². The zero-order valence-electron chi connectivity index (χ0n) is 17.6. The van der Waals surface area contributed by atoms with E-state index in [1.807, 2.05) is 46.3 Å². The van der Waals surface area contributed by atoms with E-state index < -0.39 is 16.6 Å². The predicted octanol–water partition coefficient (Wildman–Crippen LogP) is 5.02. The summed E-state index contributed by atoms with van der Waals surface area (Å²) in [5.74, 6) is -0.260. The van der Waals surface area contributed by atoms with E-state index in [1.165, 1.54) is 23.7 Å². The van der Waals surface area contributed by atoms with Gasteiger partial charge in [-0.1, -0.05) is 30.3 Å². The number of thiazole rings is 1. The first-order chi connectivity index (χ1) is 16.1. The van der Waals surface area contributed by atoms with Gasteiger partial charge in [-0.15, -0.1) is 11.3 Å². The van der Waals surface area contributed by atoms with Gasteiger partial charge in [-0.05, 0) is 29.8 Å². The lowest BCUT2D eigenvalue weighted by atomic mass is 10.1. The Hall–Kier alpha value is -3.43. The predicted molar refractivity (Wildman–Crippen MR) is 127 cm³/mol. The molecule has 1 atom stereocenters. The molecule has 0 aliphatic rings. The number of imidazole rings is 1. The van der Waals surface area contributed by atoms with E-state index in [0.29, 0.717) is 30.0 Å². The second-order valence-electron chi connectivity index (χ2n) is 7.27. The van der Waals surface area contributed by atoms with Crippen LogP contribution in [0.25, 0.3) is 27.6 Å². The molecule has 1 unspecified atom stereocenters. The Balaban J connectivity index is 1.51. The van der Waals surface area contributed by atoms with Gasteiger partial charge in [0.15, 0.2) is 16.5 Å². The Morgan fingerprint density at radius 1 is 1.12 bits per heavy atom. The number of rotatable bonds is 7. The summed E-state index contributed by atoms with van der Waals surface area (Å²) in [5, 5.41) is 2.17. The first-order valence-corrected chi connectivity index (χ1v) is 12.6. The Morgan fingerprint density at radius 3 is 2.79 bits per heavy atom.